The van der Waals surface area contributed by atoms with E-state index < -0.39 is 36.2 Å². The lowest BCUT2D eigenvalue weighted by Crippen LogP contribution is -2.56. The zero-order valence-electron chi connectivity index (χ0n) is 21.1. The Morgan fingerprint density at radius 1 is 0.789 bits per heavy atom. The predicted octanol–water partition coefficient (Wildman–Crippen LogP) is 2.79. The first-order valence-corrected chi connectivity index (χ1v) is 12.0. The molecule has 0 spiro atoms. The molecule has 0 aliphatic carbocycles. The second-order valence-corrected chi connectivity index (χ2v) is 8.60. The van der Waals surface area contributed by atoms with E-state index in [0.29, 0.717) is 16.7 Å². The smallest absolute Gasteiger partial charge is 0.408 e. The molecule has 0 heterocycles. The van der Waals surface area contributed by atoms with Gasteiger partial charge in [0.1, 0.15) is 18.7 Å². The summed E-state index contributed by atoms with van der Waals surface area (Å²) in [4.78, 5) is 50.2. The molecule has 0 saturated carbocycles. The Hall–Kier alpha value is -4.50. The highest BCUT2D eigenvalue weighted by atomic mass is 16.5. The molecule has 3 aromatic carbocycles. The SMILES string of the molecule is COC(=O)[C@H](Cc1ccc(C(=O)c2ccccc2)cc1)NC(=O)[C@@H](NC(=O)OCc1ccccc1)[C@@H](C)O. The van der Waals surface area contributed by atoms with E-state index in [4.69, 9.17) is 9.47 Å². The van der Waals surface area contributed by atoms with Gasteiger partial charge in [-0.2, -0.15) is 0 Å². The molecular formula is C29H30N2O7. The molecule has 38 heavy (non-hydrogen) atoms. The molecule has 0 radical (unpaired) electrons. The standard InChI is InChI=1S/C29H30N2O7/c1-19(32)25(31-29(36)38-18-21-9-5-3-6-10-21)27(34)30-24(28(35)37-2)17-20-13-15-23(16-14-20)26(33)22-11-7-4-8-12-22/h3-16,19,24-25,32H,17-18H2,1-2H3,(H,30,34)(H,31,36)/t19-,24+,25+/m1/s1. The first-order chi connectivity index (χ1) is 18.3. The Bertz CT molecular complexity index is 1230. The minimum Gasteiger partial charge on any atom is -0.467 e. The molecule has 0 aliphatic heterocycles. The second kappa shape index (κ2) is 13.7. The number of methoxy groups -OCH3 is 1. The molecule has 0 fully saturated rings. The van der Waals surface area contributed by atoms with Crippen molar-refractivity contribution in [2.75, 3.05) is 7.11 Å². The van der Waals surface area contributed by atoms with E-state index in [1.165, 1.54) is 14.0 Å². The van der Waals surface area contributed by atoms with Gasteiger partial charge >= 0.3 is 12.1 Å². The van der Waals surface area contributed by atoms with Crippen LogP contribution in [0.3, 0.4) is 0 Å². The monoisotopic (exact) mass is 518 g/mol. The Labute approximate surface area is 220 Å². The van der Waals surface area contributed by atoms with Crippen molar-refractivity contribution in [1.29, 1.82) is 0 Å². The van der Waals surface area contributed by atoms with Gasteiger partial charge in [0.05, 0.1) is 13.2 Å². The Kier molecular flexibility index (Phi) is 10.1. The van der Waals surface area contributed by atoms with E-state index in [0.717, 1.165) is 5.56 Å². The second-order valence-electron chi connectivity index (χ2n) is 8.60. The van der Waals surface area contributed by atoms with Crippen LogP contribution in [0.2, 0.25) is 0 Å². The molecule has 3 atom stereocenters. The number of aliphatic hydroxyl groups is 1. The van der Waals surface area contributed by atoms with Crippen LogP contribution in [0.1, 0.15) is 34.0 Å². The summed E-state index contributed by atoms with van der Waals surface area (Å²) in [5.41, 5.74) is 2.45. The van der Waals surface area contributed by atoms with Crippen LogP contribution in [0.15, 0.2) is 84.9 Å². The minimum atomic E-state index is -1.38. The topological polar surface area (TPSA) is 131 Å². The Balaban J connectivity index is 1.63. The number of hydrogen-bond acceptors (Lipinski definition) is 7. The average Bonchev–Trinajstić information content (AvgIpc) is 2.94. The Morgan fingerprint density at radius 2 is 1.37 bits per heavy atom. The summed E-state index contributed by atoms with van der Waals surface area (Å²) in [6, 6.07) is 22.0. The maximum Gasteiger partial charge on any atom is 0.408 e. The first kappa shape index (κ1) is 28.1. The zero-order chi connectivity index (χ0) is 27.5. The Morgan fingerprint density at radius 3 is 1.95 bits per heavy atom. The molecule has 0 unspecified atom stereocenters. The van der Waals surface area contributed by atoms with E-state index in [-0.39, 0.29) is 18.8 Å². The lowest BCUT2D eigenvalue weighted by Gasteiger charge is -2.24. The molecule has 0 saturated heterocycles. The fraction of sp³-hybridized carbons (Fsp3) is 0.241. The summed E-state index contributed by atoms with van der Waals surface area (Å²) in [6.07, 6.45) is -2.12. The van der Waals surface area contributed by atoms with Gasteiger partial charge in [-0.3, -0.25) is 9.59 Å². The third-order valence-corrected chi connectivity index (χ3v) is 5.75. The summed E-state index contributed by atoms with van der Waals surface area (Å²) >= 11 is 0. The molecule has 2 amide bonds. The zero-order valence-corrected chi connectivity index (χ0v) is 21.1. The van der Waals surface area contributed by atoms with E-state index in [2.05, 4.69) is 10.6 Å². The van der Waals surface area contributed by atoms with Crippen LogP contribution < -0.4 is 10.6 Å². The maximum absolute atomic E-state index is 12.9. The van der Waals surface area contributed by atoms with Crippen molar-refractivity contribution in [2.45, 2.75) is 38.1 Å². The van der Waals surface area contributed by atoms with Crippen LogP contribution in [0.4, 0.5) is 4.79 Å². The summed E-state index contributed by atoms with van der Waals surface area (Å²) in [5.74, 6) is -1.64. The van der Waals surface area contributed by atoms with Crippen LogP contribution in [-0.4, -0.2) is 54.2 Å². The lowest BCUT2D eigenvalue weighted by molar-refractivity contribution is -0.145. The summed E-state index contributed by atoms with van der Waals surface area (Å²) in [6.45, 7) is 1.31. The molecule has 0 aromatic heterocycles. The van der Waals surface area contributed by atoms with Crippen molar-refractivity contribution in [1.82, 2.24) is 10.6 Å². The van der Waals surface area contributed by atoms with E-state index in [1.54, 1.807) is 72.8 Å². The van der Waals surface area contributed by atoms with Gasteiger partial charge in [-0.25, -0.2) is 9.59 Å². The van der Waals surface area contributed by atoms with Gasteiger partial charge in [0.2, 0.25) is 5.91 Å². The van der Waals surface area contributed by atoms with Crippen LogP contribution >= 0.6 is 0 Å². The van der Waals surface area contributed by atoms with Crippen LogP contribution in [0.25, 0.3) is 0 Å². The molecule has 9 heteroatoms. The number of rotatable bonds is 11. The van der Waals surface area contributed by atoms with Gasteiger partial charge in [-0.05, 0) is 18.1 Å². The van der Waals surface area contributed by atoms with Gasteiger partial charge in [-0.15, -0.1) is 0 Å². The lowest BCUT2D eigenvalue weighted by atomic mass is 9.99. The molecule has 9 nitrogen and oxygen atoms in total. The fourth-order valence-electron chi connectivity index (χ4n) is 3.68. The van der Waals surface area contributed by atoms with Crippen LogP contribution in [0.5, 0.6) is 0 Å². The number of amides is 2. The van der Waals surface area contributed by atoms with Gasteiger partial charge in [0.25, 0.3) is 0 Å². The van der Waals surface area contributed by atoms with Crippen molar-refractivity contribution in [2.24, 2.45) is 0 Å². The normalized spacial score (nSPS) is 12.9. The van der Waals surface area contributed by atoms with Crippen molar-refractivity contribution in [3.8, 4) is 0 Å². The largest absolute Gasteiger partial charge is 0.467 e. The molecular weight excluding hydrogens is 488 g/mol. The highest BCUT2D eigenvalue weighted by molar-refractivity contribution is 6.08. The van der Waals surface area contributed by atoms with Crippen molar-refractivity contribution in [3.05, 3.63) is 107 Å². The van der Waals surface area contributed by atoms with Gasteiger partial charge in [0, 0.05) is 17.5 Å². The number of alkyl carbamates (subject to hydrolysis) is 1. The van der Waals surface area contributed by atoms with E-state index in [1.807, 2.05) is 12.1 Å². The molecule has 3 aromatic rings. The predicted molar refractivity (Wildman–Crippen MR) is 139 cm³/mol. The highest BCUT2D eigenvalue weighted by Gasteiger charge is 2.31. The number of carbonyl (C=O) groups is 4. The number of ether oxygens (including phenoxy) is 2. The van der Waals surface area contributed by atoms with Crippen molar-refractivity contribution in [3.63, 3.8) is 0 Å². The molecule has 198 valence electrons. The molecule has 3 rings (SSSR count). The third kappa shape index (κ3) is 8.01. The summed E-state index contributed by atoms with van der Waals surface area (Å²) in [5, 5.41) is 15.0. The number of carbonyl (C=O) groups excluding carboxylic acids is 4. The number of esters is 1. The quantitative estimate of drug-likeness (QED) is 0.263. The molecule has 0 bridgehead atoms. The van der Waals surface area contributed by atoms with Gasteiger partial charge < -0.3 is 25.2 Å². The van der Waals surface area contributed by atoms with Gasteiger partial charge in [0.15, 0.2) is 5.78 Å². The first-order valence-electron chi connectivity index (χ1n) is 12.0. The van der Waals surface area contributed by atoms with E-state index in [9.17, 15) is 24.3 Å². The van der Waals surface area contributed by atoms with Crippen molar-refractivity contribution < 1.29 is 33.8 Å². The van der Waals surface area contributed by atoms with Gasteiger partial charge in [-0.1, -0.05) is 84.9 Å². The van der Waals surface area contributed by atoms with E-state index >= 15 is 0 Å². The summed E-state index contributed by atoms with van der Waals surface area (Å²) in [7, 11) is 1.19. The fourth-order valence-corrected chi connectivity index (χ4v) is 3.68. The minimum absolute atomic E-state index is 0.0195. The van der Waals surface area contributed by atoms with Crippen molar-refractivity contribution >= 4 is 23.8 Å². The van der Waals surface area contributed by atoms with Crippen LogP contribution in [-0.2, 0) is 32.1 Å². The maximum atomic E-state index is 12.9. The third-order valence-electron chi connectivity index (χ3n) is 5.75. The number of benzene rings is 3. The molecule has 3 N–H and O–H groups in total. The number of nitrogens with one attached hydrogen (secondary N) is 2. The van der Waals surface area contributed by atoms with Crippen LogP contribution in [0, 0.1) is 0 Å². The number of aliphatic hydroxyl groups excluding tert-OH is 1. The number of ketones is 1. The number of hydrogen-bond donors (Lipinski definition) is 3. The molecule has 0 aliphatic rings. The summed E-state index contributed by atoms with van der Waals surface area (Å²) < 4.78 is 9.96. The average molecular weight is 519 g/mol. The highest BCUT2D eigenvalue weighted by Crippen LogP contribution is 2.13.